The van der Waals surface area contributed by atoms with E-state index < -0.39 is 0 Å². The summed E-state index contributed by atoms with van der Waals surface area (Å²) in [6.45, 7) is 9.66. The van der Waals surface area contributed by atoms with Crippen LogP contribution in [0, 0.1) is 17.3 Å². The van der Waals surface area contributed by atoms with Gasteiger partial charge in [-0.05, 0) is 47.6 Å². The highest BCUT2D eigenvalue weighted by Crippen LogP contribution is 2.46. The standard InChI is InChI=1S/C20H31N/c1-14(2)16-10-7-8-12-18(16)21-19-17-11-6-5-9-15(17)13-20(19,3)4/h5-6,9,11,14,16,18-19,21H,7-8,10,12-13H2,1-4H3. The molecule has 0 saturated heterocycles. The summed E-state index contributed by atoms with van der Waals surface area (Å²) >= 11 is 0. The van der Waals surface area contributed by atoms with Gasteiger partial charge >= 0.3 is 0 Å². The van der Waals surface area contributed by atoms with E-state index in [1.165, 1.54) is 32.1 Å². The molecule has 116 valence electrons. The number of hydrogen-bond acceptors (Lipinski definition) is 1. The van der Waals surface area contributed by atoms with Crippen molar-refractivity contribution in [1.29, 1.82) is 0 Å². The molecule has 0 amide bonds. The van der Waals surface area contributed by atoms with Gasteiger partial charge in [0.15, 0.2) is 0 Å². The Kier molecular flexibility index (Phi) is 4.14. The zero-order valence-corrected chi connectivity index (χ0v) is 14.2. The molecule has 0 bridgehead atoms. The fourth-order valence-corrected chi connectivity index (χ4v) is 4.68. The molecule has 1 fully saturated rings. The average Bonchev–Trinajstić information content (AvgIpc) is 2.70. The Morgan fingerprint density at radius 3 is 2.57 bits per heavy atom. The molecule has 21 heavy (non-hydrogen) atoms. The predicted octanol–water partition coefficient (Wildman–Crippen LogP) is 5.11. The third-order valence-electron chi connectivity index (χ3n) is 5.85. The summed E-state index contributed by atoms with van der Waals surface area (Å²) in [6.07, 6.45) is 6.79. The predicted molar refractivity (Wildman–Crippen MR) is 90.4 cm³/mol. The largest absolute Gasteiger partial charge is 0.306 e. The van der Waals surface area contributed by atoms with Gasteiger partial charge in [0.2, 0.25) is 0 Å². The summed E-state index contributed by atoms with van der Waals surface area (Å²) in [5.74, 6) is 1.64. The summed E-state index contributed by atoms with van der Waals surface area (Å²) in [7, 11) is 0. The van der Waals surface area contributed by atoms with Crippen molar-refractivity contribution in [2.75, 3.05) is 0 Å². The summed E-state index contributed by atoms with van der Waals surface area (Å²) in [6, 6.07) is 10.3. The van der Waals surface area contributed by atoms with Gasteiger partial charge in [0.25, 0.3) is 0 Å². The van der Waals surface area contributed by atoms with E-state index in [0.717, 1.165) is 11.8 Å². The van der Waals surface area contributed by atoms with Gasteiger partial charge in [-0.2, -0.15) is 0 Å². The van der Waals surface area contributed by atoms with Crippen molar-refractivity contribution >= 4 is 0 Å². The van der Waals surface area contributed by atoms with E-state index in [0.29, 0.717) is 17.5 Å². The van der Waals surface area contributed by atoms with Crippen LogP contribution in [0.2, 0.25) is 0 Å². The molecule has 1 aromatic rings. The van der Waals surface area contributed by atoms with E-state index in [4.69, 9.17) is 0 Å². The number of nitrogens with one attached hydrogen (secondary N) is 1. The maximum absolute atomic E-state index is 4.10. The van der Waals surface area contributed by atoms with Crippen LogP contribution in [0.4, 0.5) is 0 Å². The maximum atomic E-state index is 4.10. The lowest BCUT2D eigenvalue weighted by Crippen LogP contribution is -2.45. The first-order chi connectivity index (χ1) is 9.99. The van der Waals surface area contributed by atoms with Crippen molar-refractivity contribution in [3.05, 3.63) is 35.4 Å². The fourth-order valence-electron chi connectivity index (χ4n) is 4.68. The second kappa shape index (κ2) is 5.76. The number of fused-ring (bicyclic) bond motifs is 1. The first-order valence-electron chi connectivity index (χ1n) is 8.83. The molecule has 2 aliphatic carbocycles. The van der Waals surface area contributed by atoms with Gasteiger partial charge in [0, 0.05) is 12.1 Å². The summed E-state index contributed by atoms with van der Waals surface area (Å²) in [4.78, 5) is 0. The van der Waals surface area contributed by atoms with E-state index in [1.54, 1.807) is 11.1 Å². The average molecular weight is 285 g/mol. The second-order valence-corrected chi connectivity index (χ2v) is 8.26. The van der Waals surface area contributed by atoms with Crippen molar-refractivity contribution in [2.45, 2.75) is 71.9 Å². The zero-order valence-electron chi connectivity index (χ0n) is 14.2. The smallest absolute Gasteiger partial charge is 0.0380 e. The first kappa shape index (κ1) is 15.1. The molecule has 3 atom stereocenters. The Hall–Kier alpha value is -0.820. The number of benzene rings is 1. The molecule has 0 radical (unpaired) electrons. The first-order valence-corrected chi connectivity index (χ1v) is 8.83. The van der Waals surface area contributed by atoms with Gasteiger partial charge in [-0.1, -0.05) is 64.8 Å². The van der Waals surface area contributed by atoms with E-state index >= 15 is 0 Å². The lowest BCUT2D eigenvalue weighted by Gasteiger charge is -2.40. The van der Waals surface area contributed by atoms with Crippen LogP contribution in [0.3, 0.4) is 0 Å². The van der Waals surface area contributed by atoms with Gasteiger partial charge in [-0.25, -0.2) is 0 Å². The number of hydrogen-bond donors (Lipinski definition) is 1. The van der Waals surface area contributed by atoms with Gasteiger partial charge < -0.3 is 5.32 Å². The monoisotopic (exact) mass is 285 g/mol. The van der Waals surface area contributed by atoms with E-state index in [2.05, 4.69) is 57.3 Å². The van der Waals surface area contributed by atoms with Gasteiger partial charge in [-0.15, -0.1) is 0 Å². The minimum atomic E-state index is 0.336. The minimum Gasteiger partial charge on any atom is -0.306 e. The second-order valence-electron chi connectivity index (χ2n) is 8.26. The lowest BCUT2D eigenvalue weighted by atomic mass is 9.76. The molecule has 2 aliphatic rings. The third-order valence-corrected chi connectivity index (χ3v) is 5.85. The van der Waals surface area contributed by atoms with Crippen LogP contribution in [-0.2, 0) is 6.42 Å². The quantitative estimate of drug-likeness (QED) is 0.813. The van der Waals surface area contributed by atoms with Crippen molar-refractivity contribution in [3.8, 4) is 0 Å². The van der Waals surface area contributed by atoms with Crippen molar-refractivity contribution in [3.63, 3.8) is 0 Å². The minimum absolute atomic E-state index is 0.336. The highest BCUT2D eigenvalue weighted by Gasteiger charge is 2.41. The van der Waals surface area contributed by atoms with E-state index in [1.807, 2.05) is 0 Å². The normalized spacial score (nSPS) is 31.4. The number of rotatable bonds is 3. The van der Waals surface area contributed by atoms with E-state index in [9.17, 15) is 0 Å². The van der Waals surface area contributed by atoms with Crippen LogP contribution >= 0.6 is 0 Å². The molecule has 0 aliphatic heterocycles. The maximum Gasteiger partial charge on any atom is 0.0380 e. The van der Waals surface area contributed by atoms with Crippen LogP contribution in [0.1, 0.15) is 70.5 Å². The van der Waals surface area contributed by atoms with Crippen molar-refractivity contribution in [2.24, 2.45) is 17.3 Å². The topological polar surface area (TPSA) is 12.0 Å². The van der Waals surface area contributed by atoms with Gasteiger partial charge in [0.05, 0.1) is 0 Å². The van der Waals surface area contributed by atoms with Crippen LogP contribution in [0.25, 0.3) is 0 Å². The molecule has 0 aromatic heterocycles. The molecule has 1 N–H and O–H groups in total. The Morgan fingerprint density at radius 2 is 1.81 bits per heavy atom. The highest BCUT2D eigenvalue weighted by molar-refractivity contribution is 5.37. The summed E-state index contributed by atoms with van der Waals surface area (Å²) in [5, 5.41) is 4.10. The molecule has 1 heteroatoms. The van der Waals surface area contributed by atoms with Gasteiger partial charge in [0.1, 0.15) is 0 Å². The van der Waals surface area contributed by atoms with Crippen LogP contribution in [0.5, 0.6) is 0 Å². The molecule has 0 heterocycles. The summed E-state index contributed by atoms with van der Waals surface area (Å²) < 4.78 is 0. The summed E-state index contributed by atoms with van der Waals surface area (Å²) in [5.41, 5.74) is 3.44. The van der Waals surface area contributed by atoms with Crippen LogP contribution in [-0.4, -0.2) is 6.04 Å². The zero-order chi connectivity index (χ0) is 15.0. The van der Waals surface area contributed by atoms with Crippen LogP contribution < -0.4 is 5.32 Å². The van der Waals surface area contributed by atoms with Crippen LogP contribution in [0.15, 0.2) is 24.3 Å². The Bertz CT molecular complexity index is 488. The molecule has 3 rings (SSSR count). The molecule has 1 aromatic carbocycles. The Balaban J connectivity index is 1.82. The van der Waals surface area contributed by atoms with Gasteiger partial charge in [-0.3, -0.25) is 0 Å². The molecule has 1 saturated carbocycles. The SMILES string of the molecule is CC(C)C1CCCCC1NC1c2ccccc2CC1(C)C. The molecule has 1 nitrogen and oxygen atoms in total. The molecular weight excluding hydrogens is 254 g/mol. The van der Waals surface area contributed by atoms with E-state index in [-0.39, 0.29) is 0 Å². The van der Waals surface area contributed by atoms with Crippen molar-refractivity contribution in [1.82, 2.24) is 5.32 Å². The molecule has 0 spiro atoms. The molecule has 3 unspecified atom stereocenters. The Labute approximate surface area is 130 Å². The van der Waals surface area contributed by atoms with Crippen molar-refractivity contribution < 1.29 is 0 Å². The lowest BCUT2D eigenvalue weighted by molar-refractivity contribution is 0.156. The highest BCUT2D eigenvalue weighted by atomic mass is 15.0. The fraction of sp³-hybridized carbons (Fsp3) is 0.700. The third kappa shape index (κ3) is 2.90. The molecular formula is C20H31N. The Morgan fingerprint density at radius 1 is 1.10 bits per heavy atom.